The third-order valence-corrected chi connectivity index (χ3v) is 7.43. The van der Waals surface area contributed by atoms with E-state index in [0.717, 1.165) is 11.8 Å². The number of carbonyl (C=O) groups excluding carboxylic acids is 1. The van der Waals surface area contributed by atoms with Crippen molar-refractivity contribution in [2.75, 3.05) is 6.26 Å². The van der Waals surface area contributed by atoms with Crippen molar-refractivity contribution in [2.45, 2.75) is 43.3 Å². The van der Waals surface area contributed by atoms with E-state index in [2.05, 4.69) is 5.10 Å². The van der Waals surface area contributed by atoms with Crippen molar-refractivity contribution >= 4 is 15.7 Å². The molecule has 2 aliphatic rings. The largest absolute Gasteiger partial charge is 0.328 e. The van der Waals surface area contributed by atoms with Crippen LogP contribution < -0.4 is 0 Å². The van der Waals surface area contributed by atoms with Gasteiger partial charge in [-0.3, -0.25) is 9.48 Å². The maximum Gasteiger partial charge on any atom is 0.255 e. The molecule has 0 unspecified atom stereocenters. The van der Waals surface area contributed by atoms with Gasteiger partial charge in [-0.2, -0.15) is 5.10 Å². The van der Waals surface area contributed by atoms with Crippen LogP contribution in [0.15, 0.2) is 53.6 Å². The van der Waals surface area contributed by atoms with Gasteiger partial charge in [-0.1, -0.05) is 18.2 Å². The van der Waals surface area contributed by atoms with Crippen LogP contribution in [-0.2, 0) is 29.5 Å². The van der Waals surface area contributed by atoms with Crippen molar-refractivity contribution in [3.63, 3.8) is 0 Å². The van der Waals surface area contributed by atoms with Gasteiger partial charge in [0, 0.05) is 49.5 Å². The second-order valence-corrected chi connectivity index (χ2v) is 11.1. The Morgan fingerprint density at radius 3 is 2.56 bits per heavy atom. The summed E-state index contributed by atoms with van der Waals surface area (Å²) in [6, 6.07) is 10.0. The normalized spacial score (nSPS) is 17.5. The molecule has 2 aromatic carbocycles. The van der Waals surface area contributed by atoms with E-state index >= 15 is 0 Å². The van der Waals surface area contributed by atoms with Crippen LogP contribution in [0, 0.1) is 11.7 Å². The van der Waals surface area contributed by atoms with Gasteiger partial charge in [-0.25, -0.2) is 21.6 Å². The van der Waals surface area contributed by atoms with Crippen LogP contribution in [0.5, 0.6) is 0 Å². The summed E-state index contributed by atoms with van der Waals surface area (Å²) in [5.74, 6) is -3.56. The van der Waals surface area contributed by atoms with E-state index in [0.29, 0.717) is 23.4 Å². The predicted octanol–water partition coefficient (Wildman–Crippen LogP) is 4.29. The zero-order valence-corrected chi connectivity index (χ0v) is 19.2. The highest BCUT2D eigenvalue weighted by Crippen LogP contribution is 2.43. The molecule has 1 aliphatic heterocycles. The summed E-state index contributed by atoms with van der Waals surface area (Å²) < 4.78 is 66.0. The first-order valence-corrected chi connectivity index (χ1v) is 12.7. The molecule has 1 amide bonds. The maximum absolute atomic E-state index is 13.8. The minimum atomic E-state index is -3.57. The first-order chi connectivity index (χ1) is 16.0. The first-order valence-electron chi connectivity index (χ1n) is 10.8. The van der Waals surface area contributed by atoms with Gasteiger partial charge in [0.05, 0.1) is 17.1 Å². The lowest BCUT2D eigenvalue weighted by atomic mass is 9.81. The molecule has 10 heteroatoms. The number of carbonyl (C=O) groups is 1. The van der Waals surface area contributed by atoms with Gasteiger partial charge in [0.1, 0.15) is 5.82 Å². The van der Waals surface area contributed by atoms with E-state index in [4.69, 9.17) is 0 Å². The van der Waals surface area contributed by atoms with E-state index < -0.39 is 27.5 Å². The molecule has 3 aromatic rings. The van der Waals surface area contributed by atoms with Crippen molar-refractivity contribution in [3.8, 4) is 11.1 Å². The van der Waals surface area contributed by atoms with Crippen LogP contribution in [0.1, 0.15) is 34.5 Å². The molecule has 1 aliphatic carbocycles. The third-order valence-electron chi connectivity index (χ3n) is 6.32. The van der Waals surface area contributed by atoms with Gasteiger partial charge in [-0.15, -0.1) is 0 Å². The van der Waals surface area contributed by atoms with E-state index in [-0.39, 0.29) is 42.3 Å². The van der Waals surface area contributed by atoms with Crippen LogP contribution in [0.2, 0.25) is 0 Å². The topological polar surface area (TPSA) is 72.3 Å². The van der Waals surface area contributed by atoms with Crippen molar-refractivity contribution in [1.29, 1.82) is 0 Å². The molecule has 0 bridgehead atoms. The molecule has 1 aromatic heterocycles. The number of aromatic nitrogens is 2. The third kappa shape index (κ3) is 4.34. The molecule has 34 heavy (non-hydrogen) atoms. The predicted molar refractivity (Wildman–Crippen MR) is 118 cm³/mol. The lowest BCUT2D eigenvalue weighted by molar-refractivity contribution is -0.114. The van der Waals surface area contributed by atoms with Crippen molar-refractivity contribution in [1.82, 2.24) is 14.7 Å². The summed E-state index contributed by atoms with van der Waals surface area (Å²) in [6.45, 7) is 0.894. The second kappa shape index (κ2) is 7.97. The average molecular weight is 490 g/mol. The molecule has 0 N–H and O–H groups in total. The first kappa shape index (κ1) is 22.6. The fourth-order valence-electron chi connectivity index (χ4n) is 4.63. The monoisotopic (exact) mass is 489 g/mol. The lowest BCUT2D eigenvalue weighted by Gasteiger charge is -2.34. The molecule has 0 radical (unpaired) electrons. The van der Waals surface area contributed by atoms with Crippen LogP contribution in [0.4, 0.5) is 13.2 Å². The smallest absolute Gasteiger partial charge is 0.255 e. The van der Waals surface area contributed by atoms with Crippen molar-refractivity contribution < 1.29 is 26.4 Å². The van der Waals surface area contributed by atoms with Crippen LogP contribution in [0.25, 0.3) is 11.1 Å². The minimum Gasteiger partial charge on any atom is -0.328 e. The van der Waals surface area contributed by atoms with Crippen LogP contribution in [0.3, 0.4) is 0 Å². The average Bonchev–Trinajstić information content (AvgIpc) is 3.29. The summed E-state index contributed by atoms with van der Waals surface area (Å²) in [6.07, 6.45) is 2.56. The molecule has 0 spiro atoms. The molecule has 1 saturated carbocycles. The fourth-order valence-corrected chi connectivity index (χ4v) is 5.28. The van der Waals surface area contributed by atoms with E-state index in [1.54, 1.807) is 21.8 Å². The van der Waals surface area contributed by atoms with Gasteiger partial charge < -0.3 is 4.90 Å². The van der Waals surface area contributed by atoms with E-state index in [9.17, 15) is 26.4 Å². The molecule has 1 fully saturated rings. The summed E-state index contributed by atoms with van der Waals surface area (Å²) >= 11 is 0. The number of amides is 1. The summed E-state index contributed by atoms with van der Waals surface area (Å²) in [4.78, 5) is 15.0. The van der Waals surface area contributed by atoms with Gasteiger partial charge in [0.2, 0.25) is 5.92 Å². The zero-order valence-electron chi connectivity index (χ0n) is 18.3. The number of nitrogens with zero attached hydrogens (tertiary/aromatic N) is 3. The van der Waals surface area contributed by atoms with Crippen LogP contribution >= 0.6 is 0 Å². The minimum absolute atomic E-state index is 0.00424. The van der Waals surface area contributed by atoms with E-state index in [1.807, 2.05) is 0 Å². The van der Waals surface area contributed by atoms with Gasteiger partial charge >= 0.3 is 0 Å². The Balaban J connectivity index is 1.40. The molecule has 2 heterocycles. The number of fused-ring (bicyclic) bond motifs is 1. The number of alkyl halides is 2. The van der Waals surface area contributed by atoms with Crippen LogP contribution in [-0.4, -0.2) is 41.2 Å². The molecule has 0 atom stereocenters. The number of rotatable bonds is 5. The summed E-state index contributed by atoms with van der Waals surface area (Å²) in [5, 5.41) is 4.47. The number of hydrogen-bond acceptors (Lipinski definition) is 4. The number of benzene rings is 2. The number of halogens is 3. The molecule has 0 saturated heterocycles. The quantitative estimate of drug-likeness (QED) is 0.536. The Labute approximate surface area is 194 Å². The molecule has 5 rings (SSSR count). The van der Waals surface area contributed by atoms with E-state index in [1.165, 1.54) is 36.4 Å². The Morgan fingerprint density at radius 1 is 1.15 bits per heavy atom. The highest BCUT2D eigenvalue weighted by atomic mass is 32.2. The lowest BCUT2D eigenvalue weighted by Crippen LogP contribution is -2.37. The molecular formula is C24H22F3N3O3S. The Bertz CT molecular complexity index is 1370. The molecule has 6 nitrogen and oxygen atoms in total. The molecular weight excluding hydrogens is 467 g/mol. The van der Waals surface area contributed by atoms with Gasteiger partial charge in [-0.05, 0) is 41.3 Å². The molecule has 178 valence electrons. The second-order valence-electron chi connectivity index (χ2n) is 9.10. The summed E-state index contributed by atoms with van der Waals surface area (Å²) in [7, 11) is -3.57. The summed E-state index contributed by atoms with van der Waals surface area (Å²) in [5.41, 5.74) is 2.56. The Morgan fingerprint density at radius 2 is 1.91 bits per heavy atom. The SMILES string of the molecule is CS(=O)(=O)c1ccc(-c2cccc(F)c2)c(C(=O)N2Cc3cn(CC4CC(F)(F)C4)nc3C2)c1. The highest BCUT2D eigenvalue weighted by Gasteiger charge is 2.45. The van der Waals surface area contributed by atoms with Crippen molar-refractivity contribution in [3.05, 3.63) is 71.3 Å². The maximum atomic E-state index is 13.8. The highest BCUT2D eigenvalue weighted by molar-refractivity contribution is 7.90. The zero-order chi connectivity index (χ0) is 24.3. The number of hydrogen-bond donors (Lipinski definition) is 0. The number of sulfone groups is 1. The fraction of sp³-hybridized carbons (Fsp3) is 0.333. The standard InChI is InChI=1S/C24H22F3N3O3S/c1-34(32,33)19-5-6-20(16-3-2-4-18(25)7-16)21(8-19)23(31)29-12-17-13-30(28-22(17)14-29)11-15-9-24(26,27)10-15/h2-8,13,15H,9-12,14H2,1H3. The Kier molecular flexibility index (Phi) is 5.31. The van der Waals surface area contributed by atoms with Crippen molar-refractivity contribution in [2.24, 2.45) is 5.92 Å². The van der Waals surface area contributed by atoms with Gasteiger partial charge in [0.25, 0.3) is 5.91 Å². The van der Waals surface area contributed by atoms with Gasteiger partial charge in [0.15, 0.2) is 9.84 Å². The Hall–Kier alpha value is -3.14.